The van der Waals surface area contributed by atoms with E-state index in [1.165, 1.54) is 6.92 Å². The minimum absolute atomic E-state index is 0.0673. The summed E-state index contributed by atoms with van der Waals surface area (Å²) in [5.74, 6) is -16.0. The maximum Gasteiger partial charge on any atom is 0.391 e. The van der Waals surface area contributed by atoms with Crippen LogP contribution in [0.4, 0.5) is 22.0 Å². The highest BCUT2D eigenvalue weighted by Crippen LogP contribution is 2.44. The van der Waals surface area contributed by atoms with Crippen molar-refractivity contribution in [3.8, 4) is 0 Å². The Kier molecular flexibility index (Phi) is 4.66. The van der Waals surface area contributed by atoms with Crippen molar-refractivity contribution in [2.45, 2.75) is 50.2 Å². The van der Waals surface area contributed by atoms with Gasteiger partial charge in [-0.15, -0.1) is 0 Å². The molecule has 0 aromatic rings. The van der Waals surface area contributed by atoms with Crippen molar-refractivity contribution in [1.82, 2.24) is 0 Å². The molecule has 0 aliphatic rings. The molecule has 0 heterocycles. The van der Waals surface area contributed by atoms with E-state index in [-0.39, 0.29) is 6.42 Å². The molecule has 0 bridgehead atoms. The summed E-state index contributed by atoms with van der Waals surface area (Å²) in [6.07, 6.45) is -3.89. The van der Waals surface area contributed by atoms with Crippen molar-refractivity contribution in [1.29, 1.82) is 0 Å². The van der Waals surface area contributed by atoms with Gasteiger partial charge in [-0.3, -0.25) is 0 Å². The molecule has 8 heteroatoms. The SMILES string of the molecule is CCCCC(F)C(F)(F)C(F)(F)C(O)(O)O. The second kappa shape index (κ2) is 4.80. The molecular weight excluding hydrogens is 239 g/mol. The lowest BCUT2D eigenvalue weighted by Crippen LogP contribution is -2.62. The molecule has 0 aliphatic carbocycles. The zero-order valence-corrected chi connectivity index (χ0v) is 8.43. The van der Waals surface area contributed by atoms with Gasteiger partial charge in [-0.2, -0.15) is 17.6 Å². The van der Waals surface area contributed by atoms with Crippen molar-refractivity contribution in [3.05, 3.63) is 0 Å². The first-order valence-corrected chi connectivity index (χ1v) is 4.55. The monoisotopic (exact) mass is 252 g/mol. The molecule has 0 aromatic carbocycles. The van der Waals surface area contributed by atoms with Gasteiger partial charge in [0, 0.05) is 0 Å². The maximum absolute atomic E-state index is 12.8. The minimum Gasteiger partial charge on any atom is -0.339 e. The average molecular weight is 252 g/mol. The lowest BCUT2D eigenvalue weighted by atomic mass is 10.0. The Morgan fingerprint density at radius 3 is 1.81 bits per heavy atom. The molecule has 0 spiro atoms. The molecule has 1 unspecified atom stereocenters. The Hall–Kier alpha value is -0.470. The Balaban J connectivity index is 4.89. The van der Waals surface area contributed by atoms with Crippen LogP contribution in [-0.4, -0.2) is 39.3 Å². The molecule has 0 saturated carbocycles. The summed E-state index contributed by atoms with van der Waals surface area (Å²) in [7, 11) is 0. The van der Waals surface area contributed by atoms with Crippen molar-refractivity contribution < 1.29 is 37.3 Å². The van der Waals surface area contributed by atoms with Crippen LogP contribution in [0.1, 0.15) is 26.2 Å². The molecule has 0 saturated heterocycles. The number of rotatable bonds is 6. The normalized spacial score (nSPS) is 16.3. The second-order valence-electron chi connectivity index (χ2n) is 3.44. The number of hydrogen-bond acceptors (Lipinski definition) is 3. The highest BCUT2D eigenvalue weighted by atomic mass is 19.3. The summed E-state index contributed by atoms with van der Waals surface area (Å²) in [6.45, 7) is 1.54. The lowest BCUT2D eigenvalue weighted by molar-refractivity contribution is -0.450. The van der Waals surface area contributed by atoms with Gasteiger partial charge in [0.2, 0.25) is 0 Å². The molecule has 3 nitrogen and oxygen atoms in total. The first-order chi connectivity index (χ1) is 6.98. The molecule has 0 aromatic heterocycles. The van der Waals surface area contributed by atoms with E-state index in [0.29, 0.717) is 6.42 Å². The number of halogens is 5. The zero-order valence-electron chi connectivity index (χ0n) is 8.43. The van der Waals surface area contributed by atoms with Crippen LogP contribution in [0.2, 0.25) is 0 Å². The van der Waals surface area contributed by atoms with Crippen LogP contribution in [0, 0.1) is 0 Å². The Morgan fingerprint density at radius 2 is 1.50 bits per heavy atom. The number of unbranched alkanes of at least 4 members (excludes halogenated alkanes) is 1. The third-order valence-electron chi connectivity index (χ3n) is 2.04. The molecule has 0 fully saturated rings. The van der Waals surface area contributed by atoms with E-state index in [9.17, 15) is 22.0 Å². The summed E-state index contributed by atoms with van der Waals surface area (Å²) in [4.78, 5) is 0. The van der Waals surface area contributed by atoms with Gasteiger partial charge in [-0.05, 0) is 6.42 Å². The summed E-state index contributed by atoms with van der Waals surface area (Å²) in [5.41, 5.74) is 0. The van der Waals surface area contributed by atoms with Crippen LogP contribution in [0.5, 0.6) is 0 Å². The van der Waals surface area contributed by atoms with Crippen molar-refractivity contribution in [3.63, 3.8) is 0 Å². The summed E-state index contributed by atoms with van der Waals surface area (Å²) in [6, 6.07) is 0. The van der Waals surface area contributed by atoms with Gasteiger partial charge >= 0.3 is 17.8 Å². The van der Waals surface area contributed by atoms with Gasteiger partial charge < -0.3 is 15.3 Å². The van der Waals surface area contributed by atoms with Crippen molar-refractivity contribution in [2.24, 2.45) is 0 Å². The fraction of sp³-hybridized carbons (Fsp3) is 1.00. The van der Waals surface area contributed by atoms with Crippen molar-refractivity contribution >= 4 is 0 Å². The molecule has 0 aliphatic heterocycles. The van der Waals surface area contributed by atoms with Gasteiger partial charge in [0.25, 0.3) is 0 Å². The highest BCUT2D eigenvalue weighted by Gasteiger charge is 2.72. The fourth-order valence-corrected chi connectivity index (χ4v) is 0.985. The van der Waals surface area contributed by atoms with Gasteiger partial charge in [0.1, 0.15) is 0 Å². The predicted octanol–water partition coefficient (Wildman–Crippen LogP) is 1.42. The van der Waals surface area contributed by atoms with Gasteiger partial charge in [-0.1, -0.05) is 19.8 Å². The molecule has 16 heavy (non-hydrogen) atoms. The van der Waals surface area contributed by atoms with E-state index in [0.717, 1.165) is 0 Å². The van der Waals surface area contributed by atoms with Crippen LogP contribution in [-0.2, 0) is 0 Å². The second-order valence-corrected chi connectivity index (χ2v) is 3.44. The van der Waals surface area contributed by atoms with Crippen LogP contribution in [0.25, 0.3) is 0 Å². The number of hydrogen-bond donors (Lipinski definition) is 3. The molecule has 98 valence electrons. The lowest BCUT2D eigenvalue weighted by Gasteiger charge is -2.33. The molecule has 0 amide bonds. The highest BCUT2D eigenvalue weighted by molar-refractivity contribution is 4.95. The topological polar surface area (TPSA) is 60.7 Å². The van der Waals surface area contributed by atoms with Crippen LogP contribution in [0.3, 0.4) is 0 Å². The third-order valence-corrected chi connectivity index (χ3v) is 2.04. The number of aliphatic hydroxyl groups is 3. The van der Waals surface area contributed by atoms with Gasteiger partial charge in [-0.25, -0.2) is 4.39 Å². The van der Waals surface area contributed by atoms with E-state index >= 15 is 0 Å². The number of alkyl halides is 5. The van der Waals surface area contributed by atoms with Crippen LogP contribution >= 0.6 is 0 Å². The third kappa shape index (κ3) is 2.80. The van der Waals surface area contributed by atoms with E-state index in [1.807, 2.05) is 0 Å². The fourth-order valence-electron chi connectivity index (χ4n) is 0.985. The molecular formula is C8H13F5O3. The van der Waals surface area contributed by atoms with Gasteiger partial charge in [0.15, 0.2) is 6.17 Å². The smallest absolute Gasteiger partial charge is 0.339 e. The zero-order chi connectivity index (χ0) is 13.2. The first kappa shape index (κ1) is 15.5. The van der Waals surface area contributed by atoms with Crippen LogP contribution < -0.4 is 0 Å². The predicted molar refractivity (Wildman–Crippen MR) is 43.7 cm³/mol. The maximum atomic E-state index is 12.8. The Morgan fingerprint density at radius 1 is 1.06 bits per heavy atom. The Bertz CT molecular complexity index is 226. The quantitative estimate of drug-likeness (QED) is 0.495. The summed E-state index contributed by atoms with van der Waals surface area (Å²) in [5, 5.41) is 24.2. The largest absolute Gasteiger partial charge is 0.391 e. The first-order valence-electron chi connectivity index (χ1n) is 4.55. The molecule has 0 rings (SSSR count). The molecule has 1 atom stereocenters. The average Bonchev–Trinajstić information content (AvgIpc) is 2.11. The molecule has 0 radical (unpaired) electrons. The molecule has 3 N–H and O–H groups in total. The summed E-state index contributed by atoms with van der Waals surface area (Å²) >= 11 is 0. The van der Waals surface area contributed by atoms with E-state index in [2.05, 4.69) is 0 Å². The standard InChI is InChI=1S/C8H13F5O3/c1-2-3-4-5(9)6(10,11)7(12,13)8(14,15)16/h5,14-16H,2-4H2,1H3. The summed E-state index contributed by atoms with van der Waals surface area (Å²) < 4.78 is 63.7. The Labute approximate surface area is 88.5 Å². The van der Waals surface area contributed by atoms with Crippen LogP contribution in [0.15, 0.2) is 0 Å². The van der Waals surface area contributed by atoms with Gasteiger partial charge in [0.05, 0.1) is 0 Å². The van der Waals surface area contributed by atoms with Crippen molar-refractivity contribution in [2.75, 3.05) is 0 Å². The van der Waals surface area contributed by atoms with E-state index < -0.39 is 30.4 Å². The van der Waals surface area contributed by atoms with E-state index in [1.54, 1.807) is 0 Å². The van der Waals surface area contributed by atoms with E-state index in [4.69, 9.17) is 15.3 Å². The minimum atomic E-state index is -5.69.